The fourth-order valence-electron chi connectivity index (χ4n) is 3.63. The third kappa shape index (κ3) is 5.21. The second kappa shape index (κ2) is 10.3. The van der Waals surface area contributed by atoms with E-state index in [1.807, 2.05) is 37.3 Å². The molecule has 0 saturated heterocycles. The molecule has 0 unspecified atom stereocenters. The molecule has 2 heterocycles. The molecule has 0 radical (unpaired) electrons. The number of fused-ring (bicyclic) bond motifs is 1. The Labute approximate surface area is 192 Å². The highest BCUT2D eigenvalue weighted by Crippen LogP contribution is 2.43. The van der Waals surface area contributed by atoms with Gasteiger partial charge in [0.05, 0.1) is 12.7 Å². The van der Waals surface area contributed by atoms with Crippen LogP contribution in [0.15, 0.2) is 65.3 Å². The lowest BCUT2D eigenvalue weighted by molar-refractivity contribution is -0.142. The van der Waals surface area contributed by atoms with Crippen LogP contribution in [-0.2, 0) is 16.0 Å². The van der Waals surface area contributed by atoms with Crippen molar-refractivity contribution in [2.24, 2.45) is 0 Å². The lowest BCUT2D eigenvalue weighted by Crippen LogP contribution is -2.17. The van der Waals surface area contributed by atoms with E-state index in [1.165, 1.54) is 11.9 Å². The van der Waals surface area contributed by atoms with Gasteiger partial charge < -0.3 is 19.0 Å². The van der Waals surface area contributed by atoms with E-state index in [-0.39, 0.29) is 19.3 Å². The van der Waals surface area contributed by atoms with Gasteiger partial charge in [0.2, 0.25) is 11.6 Å². The van der Waals surface area contributed by atoms with Gasteiger partial charge in [0.15, 0.2) is 0 Å². The van der Waals surface area contributed by atoms with E-state index < -0.39 is 5.97 Å². The minimum Gasteiger partial charge on any atom is -0.480 e. The quantitative estimate of drug-likeness (QED) is 0.327. The lowest BCUT2D eigenvalue weighted by atomic mass is 9.98. The maximum Gasteiger partial charge on any atom is 0.329 e. The van der Waals surface area contributed by atoms with Gasteiger partial charge in [-0.15, -0.1) is 0 Å². The Bertz CT molecular complexity index is 1220. The number of rotatable bonds is 10. The molecular weight excluding hydrogens is 420 g/mol. The van der Waals surface area contributed by atoms with Crippen LogP contribution >= 0.6 is 0 Å². The van der Waals surface area contributed by atoms with Gasteiger partial charge in [-0.1, -0.05) is 61.5 Å². The number of furan rings is 1. The van der Waals surface area contributed by atoms with Crippen molar-refractivity contribution >= 4 is 17.1 Å². The number of carbonyl (C=O) groups is 1. The van der Waals surface area contributed by atoms with Crippen molar-refractivity contribution in [3.63, 3.8) is 0 Å². The molecule has 1 N–H and O–H groups in total. The molecule has 2 aromatic carbocycles. The number of hydrogen-bond acceptors (Lipinski definition) is 6. The van der Waals surface area contributed by atoms with Gasteiger partial charge in [-0.2, -0.15) is 0 Å². The van der Waals surface area contributed by atoms with Crippen LogP contribution in [-0.4, -0.2) is 40.4 Å². The van der Waals surface area contributed by atoms with E-state index in [1.54, 1.807) is 0 Å². The van der Waals surface area contributed by atoms with Crippen molar-refractivity contribution in [1.82, 2.24) is 9.97 Å². The van der Waals surface area contributed by atoms with E-state index >= 15 is 0 Å². The number of aliphatic carboxylic acids is 1. The highest BCUT2D eigenvalue weighted by atomic mass is 16.5. The standard InChI is InChI=1S/C26H26N2O5/c1-3-18-9-11-19(12-10-18)22-23-25(32-17(2)13-14-31-15-21(29)30)27-16-28-26(23)33-24(22)20-7-5-4-6-8-20/h4-12,16-17H,3,13-15H2,1-2H3,(H,29,30)/t17-/m1/s1. The Morgan fingerprint density at radius 2 is 1.82 bits per heavy atom. The first-order valence-corrected chi connectivity index (χ1v) is 10.9. The zero-order chi connectivity index (χ0) is 23.2. The first-order chi connectivity index (χ1) is 16.1. The first kappa shape index (κ1) is 22.5. The van der Waals surface area contributed by atoms with Crippen molar-refractivity contribution < 1.29 is 23.8 Å². The SMILES string of the molecule is CCc1ccc(-c2c(-c3ccccc3)oc3ncnc(O[C@H](C)CCOCC(=O)O)c23)cc1. The van der Waals surface area contributed by atoms with Crippen molar-refractivity contribution in [2.75, 3.05) is 13.2 Å². The van der Waals surface area contributed by atoms with Gasteiger partial charge in [0.1, 0.15) is 24.1 Å². The molecule has 1 atom stereocenters. The molecule has 33 heavy (non-hydrogen) atoms. The van der Waals surface area contributed by atoms with Gasteiger partial charge >= 0.3 is 5.97 Å². The Hall–Kier alpha value is -3.71. The van der Waals surface area contributed by atoms with Crippen molar-refractivity contribution in [3.05, 3.63) is 66.5 Å². The van der Waals surface area contributed by atoms with Crippen LogP contribution in [0.1, 0.15) is 25.8 Å². The minimum atomic E-state index is -0.994. The molecular formula is C26H26N2O5. The van der Waals surface area contributed by atoms with E-state index in [0.717, 1.165) is 23.1 Å². The summed E-state index contributed by atoms with van der Waals surface area (Å²) in [5.41, 5.74) is 4.50. The maximum atomic E-state index is 10.6. The summed E-state index contributed by atoms with van der Waals surface area (Å²) >= 11 is 0. The first-order valence-electron chi connectivity index (χ1n) is 10.9. The van der Waals surface area contributed by atoms with E-state index in [4.69, 9.17) is 19.0 Å². The second-order valence-corrected chi connectivity index (χ2v) is 7.75. The van der Waals surface area contributed by atoms with Gasteiger partial charge in [0.25, 0.3) is 0 Å². The predicted octanol–water partition coefficient (Wildman–Crippen LogP) is 5.38. The molecule has 0 fully saturated rings. The highest BCUT2D eigenvalue weighted by molar-refractivity contribution is 6.03. The predicted molar refractivity (Wildman–Crippen MR) is 125 cm³/mol. The summed E-state index contributed by atoms with van der Waals surface area (Å²) in [7, 11) is 0. The van der Waals surface area contributed by atoms with E-state index in [0.29, 0.717) is 29.2 Å². The number of ether oxygens (including phenoxy) is 2. The topological polar surface area (TPSA) is 94.7 Å². The molecule has 0 aliphatic heterocycles. The van der Waals surface area contributed by atoms with Gasteiger partial charge in [-0.25, -0.2) is 14.8 Å². The lowest BCUT2D eigenvalue weighted by Gasteiger charge is -2.14. The van der Waals surface area contributed by atoms with Crippen LogP contribution in [0.3, 0.4) is 0 Å². The van der Waals surface area contributed by atoms with Crippen LogP contribution in [0.5, 0.6) is 5.88 Å². The molecule has 0 spiro atoms. The largest absolute Gasteiger partial charge is 0.480 e. The molecule has 4 rings (SSSR count). The zero-order valence-corrected chi connectivity index (χ0v) is 18.7. The number of aryl methyl sites for hydroxylation is 1. The van der Waals surface area contributed by atoms with Crippen molar-refractivity contribution in [1.29, 1.82) is 0 Å². The summed E-state index contributed by atoms with van der Waals surface area (Å²) in [6.07, 6.45) is 2.65. The average molecular weight is 447 g/mol. The molecule has 7 nitrogen and oxygen atoms in total. The fraction of sp³-hybridized carbons (Fsp3) is 0.269. The highest BCUT2D eigenvalue weighted by Gasteiger charge is 2.23. The van der Waals surface area contributed by atoms with Crippen LogP contribution in [0.2, 0.25) is 0 Å². The summed E-state index contributed by atoms with van der Waals surface area (Å²) in [6.45, 7) is 3.96. The third-order valence-electron chi connectivity index (χ3n) is 5.35. The van der Waals surface area contributed by atoms with Crippen molar-refractivity contribution in [2.45, 2.75) is 32.8 Å². The Kier molecular flexibility index (Phi) is 7.00. The van der Waals surface area contributed by atoms with Gasteiger partial charge in [-0.3, -0.25) is 0 Å². The Balaban J connectivity index is 1.74. The zero-order valence-electron chi connectivity index (χ0n) is 18.7. The molecule has 170 valence electrons. The molecule has 0 aliphatic rings. The summed E-state index contributed by atoms with van der Waals surface area (Å²) in [6, 6.07) is 18.3. The van der Waals surface area contributed by atoms with Crippen LogP contribution < -0.4 is 4.74 Å². The number of aromatic nitrogens is 2. The van der Waals surface area contributed by atoms with Crippen LogP contribution in [0, 0.1) is 0 Å². The Morgan fingerprint density at radius 1 is 1.06 bits per heavy atom. The number of nitrogens with zero attached hydrogens (tertiary/aromatic N) is 2. The minimum absolute atomic E-state index is 0.248. The van der Waals surface area contributed by atoms with Gasteiger partial charge in [-0.05, 0) is 24.5 Å². The Morgan fingerprint density at radius 3 is 2.52 bits per heavy atom. The van der Waals surface area contributed by atoms with E-state index in [9.17, 15) is 4.79 Å². The van der Waals surface area contributed by atoms with Crippen LogP contribution in [0.4, 0.5) is 0 Å². The summed E-state index contributed by atoms with van der Waals surface area (Å²) in [5.74, 6) is 0.135. The second-order valence-electron chi connectivity index (χ2n) is 7.75. The smallest absolute Gasteiger partial charge is 0.329 e. The number of benzene rings is 2. The maximum absolute atomic E-state index is 10.6. The van der Waals surface area contributed by atoms with Crippen molar-refractivity contribution in [3.8, 4) is 28.3 Å². The normalized spacial score (nSPS) is 12.1. The monoisotopic (exact) mass is 446 g/mol. The fourth-order valence-corrected chi connectivity index (χ4v) is 3.63. The third-order valence-corrected chi connectivity index (χ3v) is 5.35. The molecule has 0 bridgehead atoms. The molecule has 0 saturated carbocycles. The molecule has 0 aliphatic carbocycles. The molecule has 4 aromatic rings. The van der Waals surface area contributed by atoms with E-state index in [2.05, 4.69) is 41.2 Å². The van der Waals surface area contributed by atoms with Crippen LogP contribution in [0.25, 0.3) is 33.6 Å². The summed E-state index contributed by atoms with van der Waals surface area (Å²) in [5, 5.41) is 9.42. The summed E-state index contributed by atoms with van der Waals surface area (Å²) < 4.78 is 17.5. The molecule has 2 aromatic heterocycles. The number of hydrogen-bond donors (Lipinski definition) is 1. The number of carboxylic acid groups (broad SMARTS) is 1. The molecule has 7 heteroatoms. The number of carboxylic acids is 1. The summed E-state index contributed by atoms with van der Waals surface area (Å²) in [4.78, 5) is 19.4. The molecule has 0 amide bonds. The average Bonchev–Trinajstić information content (AvgIpc) is 3.23. The van der Waals surface area contributed by atoms with Gasteiger partial charge in [0, 0.05) is 17.5 Å².